The summed E-state index contributed by atoms with van der Waals surface area (Å²) in [5.74, 6) is 0.387. The van der Waals surface area contributed by atoms with E-state index in [-0.39, 0.29) is 5.91 Å². The molecule has 0 atom stereocenters. The molecule has 1 aromatic heterocycles. The molecule has 0 unspecified atom stereocenters. The summed E-state index contributed by atoms with van der Waals surface area (Å²) in [7, 11) is 0. The molecule has 132 valence electrons. The molecule has 0 bridgehead atoms. The van der Waals surface area contributed by atoms with Gasteiger partial charge in [-0.25, -0.2) is 0 Å². The molecule has 6 heteroatoms. The minimum atomic E-state index is -0.242. The molecule has 2 N–H and O–H groups in total. The van der Waals surface area contributed by atoms with E-state index in [0.717, 1.165) is 11.1 Å². The SMILES string of the molecule is O=C(NCCc1cccc(Cl)c1)c1ccc(NCc2ccccc2)nn1. The van der Waals surface area contributed by atoms with Crippen LogP contribution in [0.25, 0.3) is 0 Å². The number of anilines is 1. The molecular weight excluding hydrogens is 348 g/mol. The van der Waals surface area contributed by atoms with Crippen molar-refractivity contribution in [2.45, 2.75) is 13.0 Å². The van der Waals surface area contributed by atoms with Gasteiger partial charge >= 0.3 is 0 Å². The highest BCUT2D eigenvalue weighted by Gasteiger charge is 2.07. The Morgan fingerprint density at radius 1 is 0.923 bits per heavy atom. The maximum Gasteiger partial charge on any atom is 0.271 e. The quantitative estimate of drug-likeness (QED) is 0.668. The molecule has 0 radical (unpaired) electrons. The molecule has 0 saturated carbocycles. The van der Waals surface area contributed by atoms with Gasteiger partial charge in [0.2, 0.25) is 0 Å². The Balaban J connectivity index is 1.47. The lowest BCUT2D eigenvalue weighted by Gasteiger charge is -2.07. The lowest BCUT2D eigenvalue weighted by Crippen LogP contribution is -2.26. The molecule has 0 spiro atoms. The zero-order valence-corrected chi connectivity index (χ0v) is 14.9. The number of benzene rings is 2. The van der Waals surface area contributed by atoms with E-state index in [0.29, 0.717) is 36.0 Å². The highest BCUT2D eigenvalue weighted by atomic mass is 35.5. The predicted molar refractivity (Wildman–Crippen MR) is 103 cm³/mol. The number of rotatable bonds is 7. The Labute approximate surface area is 157 Å². The molecule has 0 fully saturated rings. The monoisotopic (exact) mass is 366 g/mol. The van der Waals surface area contributed by atoms with Gasteiger partial charge < -0.3 is 10.6 Å². The summed E-state index contributed by atoms with van der Waals surface area (Å²) >= 11 is 5.95. The number of carbonyl (C=O) groups excluding carboxylic acids is 1. The molecular formula is C20H19ClN4O. The van der Waals surface area contributed by atoms with Crippen molar-refractivity contribution in [3.63, 3.8) is 0 Å². The Hall–Kier alpha value is -2.92. The summed E-state index contributed by atoms with van der Waals surface area (Å²) in [5.41, 5.74) is 2.52. The fraction of sp³-hybridized carbons (Fsp3) is 0.150. The van der Waals surface area contributed by atoms with E-state index in [1.807, 2.05) is 54.6 Å². The lowest BCUT2D eigenvalue weighted by atomic mass is 10.1. The Kier molecular flexibility index (Phi) is 6.17. The number of aromatic nitrogens is 2. The minimum Gasteiger partial charge on any atom is -0.365 e. The third kappa shape index (κ3) is 5.29. The lowest BCUT2D eigenvalue weighted by molar-refractivity contribution is 0.0948. The fourth-order valence-electron chi connectivity index (χ4n) is 2.44. The van der Waals surface area contributed by atoms with Crippen LogP contribution in [-0.4, -0.2) is 22.6 Å². The molecule has 2 aromatic carbocycles. The normalized spacial score (nSPS) is 10.3. The summed E-state index contributed by atoms with van der Waals surface area (Å²) in [5, 5.41) is 14.7. The van der Waals surface area contributed by atoms with Crippen molar-refractivity contribution in [1.29, 1.82) is 0 Å². The van der Waals surface area contributed by atoms with Crippen LogP contribution in [0.5, 0.6) is 0 Å². The molecule has 0 aliphatic rings. The van der Waals surface area contributed by atoms with E-state index >= 15 is 0 Å². The number of halogens is 1. The highest BCUT2D eigenvalue weighted by molar-refractivity contribution is 6.30. The molecule has 5 nitrogen and oxygen atoms in total. The van der Waals surface area contributed by atoms with Crippen LogP contribution in [0.1, 0.15) is 21.6 Å². The van der Waals surface area contributed by atoms with Crippen LogP contribution in [0.2, 0.25) is 5.02 Å². The zero-order chi connectivity index (χ0) is 18.2. The van der Waals surface area contributed by atoms with Crippen molar-refractivity contribution >= 4 is 23.3 Å². The summed E-state index contributed by atoms with van der Waals surface area (Å²) in [4.78, 5) is 12.1. The van der Waals surface area contributed by atoms with Gasteiger partial charge in [0, 0.05) is 18.1 Å². The van der Waals surface area contributed by atoms with Crippen LogP contribution in [0.15, 0.2) is 66.7 Å². The third-order valence-corrected chi connectivity index (χ3v) is 4.04. The van der Waals surface area contributed by atoms with Gasteiger partial charge in [-0.1, -0.05) is 54.1 Å². The molecule has 0 aliphatic heterocycles. The van der Waals surface area contributed by atoms with E-state index in [2.05, 4.69) is 20.8 Å². The van der Waals surface area contributed by atoms with Gasteiger partial charge in [-0.05, 0) is 41.8 Å². The minimum absolute atomic E-state index is 0.242. The van der Waals surface area contributed by atoms with E-state index in [9.17, 15) is 4.79 Å². The maximum atomic E-state index is 12.1. The first kappa shape index (κ1) is 17.9. The number of nitrogens with zero attached hydrogens (tertiary/aromatic N) is 2. The van der Waals surface area contributed by atoms with Gasteiger partial charge in [0.1, 0.15) is 5.82 Å². The van der Waals surface area contributed by atoms with Gasteiger partial charge in [0.05, 0.1) is 0 Å². The average Bonchev–Trinajstić information content (AvgIpc) is 2.67. The predicted octanol–water partition coefficient (Wildman–Crippen LogP) is 3.71. The van der Waals surface area contributed by atoms with Crippen molar-refractivity contribution in [2.75, 3.05) is 11.9 Å². The first-order valence-electron chi connectivity index (χ1n) is 8.35. The Morgan fingerprint density at radius 2 is 1.73 bits per heavy atom. The highest BCUT2D eigenvalue weighted by Crippen LogP contribution is 2.11. The van der Waals surface area contributed by atoms with Gasteiger partial charge in [-0.2, -0.15) is 0 Å². The number of amides is 1. The number of hydrogen-bond donors (Lipinski definition) is 2. The number of carbonyl (C=O) groups is 1. The van der Waals surface area contributed by atoms with Gasteiger partial charge in [0.25, 0.3) is 5.91 Å². The smallest absolute Gasteiger partial charge is 0.271 e. The van der Waals surface area contributed by atoms with Gasteiger partial charge in [-0.3, -0.25) is 4.79 Å². The summed E-state index contributed by atoms with van der Waals surface area (Å²) in [6.07, 6.45) is 0.705. The fourth-order valence-corrected chi connectivity index (χ4v) is 2.65. The molecule has 3 aromatic rings. The summed E-state index contributed by atoms with van der Waals surface area (Å²) < 4.78 is 0. The van der Waals surface area contributed by atoms with Crippen LogP contribution in [0.4, 0.5) is 5.82 Å². The average molecular weight is 367 g/mol. The van der Waals surface area contributed by atoms with Crippen molar-refractivity contribution in [3.8, 4) is 0 Å². The van der Waals surface area contributed by atoms with Crippen LogP contribution < -0.4 is 10.6 Å². The second kappa shape index (κ2) is 8.97. The molecule has 1 amide bonds. The second-order valence-corrected chi connectivity index (χ2v) is 6.22. The maximum absolute atomic E-state index is 12.1. The Bertz CT molecular complexity index is 853. The van der Waals surface area contributed by atoms with Crippen molar-refractivity contribution in [3.05, 3.63) is 88.6 Å². The van der Waals surface area contributed by atoms with Crippen molar-refractivity contribution in [1.82, 2.24) is 15.5 Å². The van der Waals surface area contributed by atoms with Crippen LogP contribution in [-0.2, 0) is 13.0 Å². The first-order valence-corrected chi connectivity index (χ1v) is 8.73. The van der Waals surface area contributed by atoms with E-state index in [4.69, 9.17) is 11.6 Å². The Morgan fingerprint density at radius 3 is 2.46 bits per heavy atom. The van der Waals surface area contributed by atoms with Crippen LogP contribution in [0, 0.1) is 0 Å². The van der Waals surface area contributed by atoms with E-state index < -0.39 is 0 Å². The second-order valence-electron chi connectivity index (χ2n) is 5.78. The largest absolute Gasteiger partial charge is 0.365 e. The van der Waals surface area contributed by atoms with Crippen LogP contribution in [0.3, 0.4) is 0 Å². The molecule has 0 aliphatic carbocycles. The van der Waals surface area contributed by atoms with Crippen molar-refractivity contribution in [2.24, 2.45) is 0 Å². The van der Waals surface area contributed by atoms with Crippen molar-refractivity contribution < 1.29 is 4.79 Å². The number of hydrogen-bond acceptors (Lipinski definition) is 4. The molecule has 26 heavy (non-hydrogen) atoms. The standard InChI is InChI=1S/C20H19ClN4O/c21-17-8-4-7-15(13-17)11-12-22-20(26)18-9-10-19(25-24-18)23-14-16-5-2-1-3-6-16/h1-10,13H,11-12,14H2,(H,22,26)(H,23,25). The number of nitrogens with one attached hydrogen (secondary N) is 2. The summed E-state index contributed by atoms with van der Waals surface area (Å²) in [6.45, 7) is 1.16. The zero-order valence-electron chi connectivity index (χ0n) is 14.2. The molecule has 1 heterocycles. The molecule has 3 rings (SSSR count). The van der Waals surface area contributed by atoms with Gasteiger partial charge in [-0.15, -0.1) is 10.2 Å². The topological polar surface area (TPSA) is 66.9 Å². The first-order chi connectivity index (χ1) is 12.7. The van der Waals surface area contributed by atoms with Gasteiger partial charge in [0.15, 0.2) is 5.69 Å². The molecule has 0 saturated heterocycles. The van der Waals surface area contributed by atoms with E-state index in [1.165, 1.54) is 0 Å². The summed E-state index contributed by atoms with van der Waals surface area (Å²) in [6, 6.07) is 21.0. The van der Waals surface area contributed by atoms with E-state index in [1.54, 1.807) is 12.1 Å². The van der Waals surface area contributed by atoms with Crippen LogP contribution >= 0.6 is 11.6 Å². The third-order valence-electron chi connectivity index (χ3n) is 3.80.